The molecule has 0 atom stereocenters. The van der Waals surface area contributed by atoms with Crippen LogP contribution in [0.15, 0.2) is 48.6 Å². The van der Waals surface area contributed by atoms with Crippen molar-refractivity contribution in [1.82, 2.24) is 0 Å². The topological polar surface area (TPSA) is 40.9 Å². The van der Waals surface area contributed by atoms with Gasteiger partial charge in [0.05, 0.1) is 11.6 Å². The van der Waals surface area contributed by atoms with E-state index in [1.165, 1.54) is 0 Å². The summed E-state index contributed by atoms with van der Waals surface area (Å²) in [6, 6.07) is 13.8. The molecule has 116 valence electrons. The maximum Gasteiger partial charge on any atom is 0.193 e. The van der Waals surface area contributed by atoms with Gasteiger partial charge in [-0.3, -0.25) is 4.79 Å². The van der Waals surface area contributed by atoms with Gasteiger partial charge in [0.25, 0.3) is 0 Å². The highest BCUT2D eigenvalue weighted by Crippen LogP contribution is 2.49. The molecule has 0 saturated carbocycles. The van der Waals surface area contributed by atoms with Crippen LogP contribution < -0.4 is 0 Å². The van der Waals surface area contributed by atoms with Crippen molar-refractivity contribution in [3.8, 4) is 6.07 Å². The van der Waals surface area contributed by atoms with E-state index >= 15 is 0 Å². The Balaban J connectivity index is 1.96. The van der Waals surface area contributed by atoms with E-state index < -0.39 is 0 Å². The molecule has 0 aromatic heterocycles. The van der Waals surface area contributed by atoms with Crippen LogP contribution in [0.2, 0.25) is 0 Å². The van der Waals surface area contributed by atoms with Gasteiger partial charge in [0, 0.05) is 16.6 Å². The van der Waals surface area contributed by atoms with E-state index in [0.717, 1.165) is 45.4 Å². The lowest BCUT2D eigenvalue weighted by atomic mass is 9.68. The number of carbonyl (C=O) groups is 1. The van der Waals surface area contributed by atoms with Gasteiger partial charge in [-0.2, -0.15) is 5.26 Å². The Hall–Kier alpha value is -2.92. The number of ketones is 1. The van der Waals surface area contributed by atoms with E-state index in [2.05, 4.69) is 32.6 Å². The van der Waals surface area contributed by atoms with Gasteiger partial charge in [0.2, 0.25) is 0 Å². The second-order valence-corrected chi connectivity index (χ2v) is 6.98. The third-order valence-corrected chi connectivity index (χ3v) is 5.35. The van der Waals surface area contributed by atoms with Crippen molar-refractivity contribution in [1.29, 1.82) is 5.26 Å². The lowest BCUT2D eigenvalue weighted by Crippen LogP contribution is -2.29. The van der Waals surface area contributed by atoms with Gasteiger partial charge < -0.3 is 0 Å². The van der Waals surface area contributed by atoms with Gasteiger partial charge in [-0.1, -0.05) is 50.8 Å². The lowest BCUT2D eigenvalue weighted by molar-refractivity contribution is 0.105. The number of hydrogen-bond acceptors (Lipinski definition) is 2. The summed E-state index contributed by atoms with van der Waals surface area (Å²) in [5, 5.41) is 9.14. The van der Waals surface area contributed by atoms with E-state index in [1.807, 2.05) is 30.3 Å². The zero-order chi connectivity index (χ0) is 17.1. The van der Waals surface area contributed by atoms with Crippen molar-refractivity contribution in [2.45, 2.75) is 25.7 Å². The molecule has 2 nitrogen and oxygen atoms in total. The highest BCUT2D eigenvalue weighted by atomic mass is 16.1. The highest BCUT2D eigenvalue weighted by molar-refractivity contribution is 6.33. The lowest BCUT2D eigenvalue weighted by Gasteiger charge is -2.34. The zero-order valence-electron chi connectivity index (χ0n) is 13.8. The van der Waals surface area contributed by atoms with E-state index in [-0.39, 0.29) is 11.2 Å². The summed E-state index contributed by atoms with van der Waals surface area (Å²) in [5.41, 5.74) is 7.36. The summed E-state index contributed by atoms with van der Waals surface area (Å²) >= 11 is 0. The predicted octanol–water partition coefficient (Wildman–Crippen LogP) is 4.69. The van der Waals surface area contributed by atoms with Crippen LogP contribution in [0.4, 0.5) is 0 Å². The molecule has 4 rings (SSSR count). The van der Waals surface area contributed by atoms with Crippen LogP contribution in [0, 0.1) is 11.3 Å². The standard InChI is InChI=1S/C22H17NO/c1-4-13-5-8-17-18(10-13)22(2,3)19-11-15-9-14(12-23)6-7-16(15)20(19)21(17)24/h4-10H,1,11H2,2-3H3. The number of rotatable bonds is 1. The number of carbonyl (C=O) groups excluding carboxylic acids is 1. The molecule has 2 aromatic rings. The number of fused-ring (bicyclic) bond motifs is 3. The number of hydrogen-bond donors (Lipinski definition) is 0. The fraction of sp³-hybridized carbons (Fsp3) is 0.182. The van der Waals surface area contributed by atoms with E-state index in [9.17, 15) is 4.79 Å². The van der Waals surface area contributed by atoms with Crippen molar-refractivity contribution in [3.05, 3.63) is 81.9 Å². The van der Waals surface area contributed by atoms with Gasteiger partial charge in [-0.15, -0.1) is 0 Å². The van der Waals surface area contributed by atoms with Crippen LogP contribution in [0.5, 0.6) is 0 Å². The van der Waals surface area contributed by atoms with Crippen molar-refractivity contribution < 1.29 is 4.79 Å². The van der Waals surface area contributed by atoms with Gasteiger partial charge >= 0.3 is 0 Å². The number of allylic oxidation sites excluding steroid dienone is 2. The van der Waals surface area contributed by atoms with E-state index in [4.69, 9.17) is 5.26 Å². The maximum absolute atomic E-state index is 13.2. The quantitative estimate of drug-likeness (QED) is 0.767. The maximum atomic E-state index is 13.2. The fourth-order valence-corrected chi connectivity index (χ4v) is 3.99. The average molecular weight is 311 g/mol. The minimum Gasteiger partial charge on any atom is -0.289 e. The molecule has 0 spiro atoms. The molecule has 0 radical (unpaired) electrons. The molecule has 2 heteroatoms. The smallest absolute Gasteiger partial charge is 0.193 e. The van der Waals surface area contributed by atoms with Crippen LogP contribution in [0.3, 0.4) is 0 Å². The Labute approximate surface area is 141 Å². The van der Waals surface area contributed by atoms with E-state index in [0.29, 0.717) is 5.56 Å². The molecule has 0 saturated heterocycles. The van der Waals surface area contributed by atoms with Crippen LogP contribution in [-0.2, 0) is 11.8 Å². The van der Waals surface area contributed by atoms with E-state index in [1.54, 1.807) is 6.07 Å². The van der Waals surface area contributed by atoms with Crippen molar-refractivity contribution >= 4 is 17.4 Å². The molecule has 0 bridgehead atoms. The number of Topliss-reactive ketones (excluding diaryl/α,β-unsaturated/α-hetero) is 1. The Morgan fingerprint density at radius 2 is 1.92 bits per heavy atom. The second kappa shape index (κ2) is 4.79. The Kier molecular flexibility index (Phi) is 2.92. The van der Waals surface area contributed by atoms with Crippen LogP contribution in [0.1, 0.15) is 52.0 Å². The molecular weight excluding hydrogens is 294 g/mol. The highest BCUT2D eigenvalue weighted by Gasteiger charge is 2.42. The minimum atomic E-state index is -0.219. The molecule has 24 heavy (non-hydrogen) atoms. The molecule has 2 aliphatic carbocycles. The molecule has 0 heterocycles. The van der Waals surface area contributed by atoms with Crippen LogP contribution in [0.25, 0.3) is 11.6 Å². The molecular formula is C22H17NO. The molecule has 2 aromatic carbocycles. The average Bonchev–Trinajstić information content (AvgIpc) is 2.99. The first-order valence-electron chi connectivity index (χ1n) is 8.06. The molecule has 0 aliphatic heterocycles. The summed E-state index contributed by atoms with van der Waals surface area (Å²) < 4.78 is 0. The Morgan fingerprint density at radius 1 is 1.17 bits per heavy atom. The van der Waals surface area contributed by atoms with Crippen molar-refractivity contribution in [2.75, 3.05) is 0 Å². The van der Waals surface area contributed by atoms with Gasteiger partial charge in [-0.05, 0) is 46.4 Å². The first-order chi connectivity index (χ1) is 11.5. The molecule has 0 fully saturated rings. The number of nitriles is 1. The van der Waals surface area contributed by atoms with Gasteiger partial charge in [-0.25, -0.2) is 0 Å². The third-order valence-electron chi connectivity index (χ3n) is 5.35. The molecule has 0 unspecified atom stereocenters. The SMILES string of the molecule is C=Cc1ccc2c(c1)C(C)(C)C1=C(C2=O)c2ccc(C#N)cc2C1. The third kappa shape index (κ3) is 1.79. The Morgan fingerprint density at radius 3 is 2.62 bits per heavy atom. The molecule has 0 amide bonds. The van der Waals surface area contributed by atoms with Gasteiger partial charge in [0.1, 0.15) is 0 Å². The summed E-state index contributed by atoms with van der Waals surface area (Å²) in [6.45, 7) is 8.19. The summed E-state index contributed by atoms with van der Waals surface area (Å²) in [4.78, 5) is 13.2. The minimum absolute atomic E-state index is 0.0957. The summed E-state index contributed by atoms with van der Waals surface area (Å²) in [5.74, 6) is 0.0957. The second-order valence-electron chi connectivity index (χ2n) is 6.98. The van der Waals surface area contributed by atoms with Crippen molar-refractivity contribution in [3.63, 3.8) is 0 Å². The number of nitrogens with zero attached hydrogens (tertiary/aromatic N) is 1. The predicted molar refractivity (Wildman–Crippen MR) is 95.7 cm³/mol. The molecule has 0 N–H and O–H groups in total. The zero-order valence-corrected chi connectivity index (χ0v) is 13.8. The van der Waals surface area contributed by atoms with Crippen LogP contribution in [-0.4, -0.2) is 5.78 Å². The summed E-state index contributed by atoms with van der Waals surface area (Å²) in [7, 11) is 0. The molecule has 2 aliphatic rings. The first kappa shape index (κ1) is 14.7. The first-order valence-corrected chi connectivity index (χ1v) is 8.06. The number of benzene rings is 2. The normalized spacial score (nSPS) is 17.0. The Bertz CT molecular complexity index is 999. The fourth-order valence-electron chi connectivity index (χ4n) is 3.99. The monoisotopic (exact) mass is 311 g/mol. The van der Waals surface area contributed by atoms with Crippen molar-refractivity contribution in [2.24, 2.45) is 0 Å². The van der Waals surface area contributed by atoms with Gasteiger partial charge in [0.15, 0.2) is 5.78 Å². The largest absolute Gasteiger partial charge is 0.289 e. The summed E-state index contributed by atoms with van der Waals surface area (Å²) in [6.07, 6.45) is 2.55. The van der Waals surface area contributed by atoms with Crippen LogP contribution >= 0.6 is 0 Å².